The molecule has 1 aromatic rings. The lowest BCUT2D eigenvalue weighted by Gasteiger charge is -2.34. The van der Waals surface area contributed by atoms with Crippen LogP contribution in [0.1, 0.15) is 13.3 Å². The third kappa shape index (κ3) is 4.15. The molecule has 1 atom stereocenters. The maximum absolute atomic E-state index is 12.2. The number of ether oxygens (including phenoxy) is 1. The molecule has 20 heavy (non-hydrogen) atoms. The van der Waals surface area contributed by atoms with Crippen LogP contribution in [0.5, 0.6) is 5.75 Å². The van der Waals surface area contributed by atoms with Gasteiger partial charge in [-0.2, -0.15) is 0 Å². The Balaban J connectivity index is 1.75. The second-order valence-corrected chi connectivity index (χ2v) is 6.08. The van der Waals surface area contributed by atoms with Crippen molar-refractivity contribution in [2.24, 2.45) is 0 Å². The highest BCUT2D eigenvalue weighted by atomic mass is 32.2. The molecular weight excluding hydrogens is 272 g/mol. The second kappa shape index (κ2) is 7.55. The summed E-state index contributed by atoms with van der Waals surface area (Å²) in [6, 6.07) is 8.26. The third-order valence-corrected chi connectivity index (χ3v) is 4.48. The summed E-state index contributed by atoms with van der Waals surface area (Å²) in [5.41, 5.74) is 0. The fourth-order valence-corrected chi connectivity index (χ4v) is 3.12. The molecule has 1 aliphatic heterocycles. The van der Waals surface area contributed by atoms with Crippen molar-refractivity contribution in [2.45, 2.75) is 24.3 Å². The molecule has 2 rings (SSSR count). The number of amides is 1. The number of methoxy groups -OCH3 is 1. The minimum Gasteiger partial charge on any atom is -0.497 e. The molecule has 0 radical (unpaired) electrons. The molecule has 1 heterocycles. The summed E-state index contributed by atoms with van der Waals surface area (Å²) in [7, 11) is 1.66. The number of nitrogens with one attached hydrogen (secondary N) is 1. The number of thioether (sulfide) groups is 1. The minimum atomic E-state index is 0.264. The van der Waals surface area contributed by atoms with Crippen LogP contribution in [0.3, 0.4) is 0 Å². The number of hydrogen-bond acceptors (Lipinski definition) is 4. The van der Waals surface area contributed by atoms with Gasteiger partial charge in [0.2, 0.25) is 5.91 Å². The Hall–Kier alpha value is -1.20. The highest BCUT2D eigenvalue weighted by molar-refractivity contribution is 7.99. The second-order valence-electron chi connectivity index (χ2n) is 4.91. The van der Waals surface area contributed by atoms with E-state index in [0.29, 0.717) is 12.5 Å². The minimum absolute atomic E-state index is 0.264. The van der Waals surface area contributed by atoms with Crippen LogP contribution in [0, 0.1) is 0 Å². The van der Waals surface area contributed by atoms with Gasteiger partial charge in [-0.1, -0.05) is 0 Å². The van der Waals surface area contributed by atoms with Crippen LogP contribution in [0.2, 0.25) is 0 Å². The first-order chi connectivity index (χ1) is 9.70. The van der Waals surface area contributed by atoms with E-state index in [0.717, 1.165) is 31.1 Å². The monoisotopic (exact) mass is 294 g/mol. The summed E-state index contributed by atoms with van der Waals surface area (Å²) in [6.45, 7) is 4.73. The van der Waals surface area contributed by atoms with Gasteiger partial charge in [-0.3, -0.25) is 4.79 Å². The zero-order chi connectivity index (χ0) is 14.4. The van der Waals surface area contributed by atoms with Gasteiger partial charge in [0.1, 0.15) is 5.75 Å². The lowest BCUT2D eigenvalue weighted by molar-refractivity contribution is -0.133. The predicted molar refractivity (Wildman–Crippen MR) is 82.4 cm³/mol. The fraction of sp³-hybridized carbons (Fsp3) is 0.533. The summed E-state index contributed by atoms with van der Waals surface area (Å²) in [5, 5.41) is 3.30. The average molecular weight is 294 g/mol. The standard InChI is InChI=1S/C15H22N2O2S/c1-12-11-16-8-9-17(12)15(18)7-10-20-14-5-3-13(19-2)4-6-14/h3-6,12,16H,7-11H2,1-2H3/t12-/m1/s1. The van der Waals surface area contributed by atoms with Gasteiger partial charge in [-0.15, -0.1) is 11.8 Å². The highest BCUT2D eigenvalue weighted by Gasteiger charge is 2.22. The summed E-state index contributed by atoms with van der Waals surface area (Å²) in [6.07, 6.45) is 0.598. The number of carbonyl (C=O) groups excluding carboxylic acids is 1. The Morgan fingerprint density at radius 3 is 2.85 bits per heavy atom. The maximum Gasteiger partial charge on any atom is 0.223 e. The first-order valence-corrected chi connectivity index (χ1v) is 7.96. The van der Waals surface area contributed by atoms with Gasteiger partial charge < -0.3 is 15.0 Å². The molecule has 1 fully saturated rings. The van der Waals surface area contributed by atoms with Gasteiger partial charge in [-0.05, 0) is 31.2 Å². The molecular formula is C15H22N2O2S. The first-order valence-electron chi connectivity index (χ1n) is 6.97. The average Bonchev–Trinajstić information content (AvgIpc) is 2.48. The van der Waals surface area contributed by atoms with Crippen LogP contribution < -0.4 is 10.1 Å². The molecule has 0 bridgehead atoms. The Kier molecular flexibility index (Phi) is 5.73. The number of hydrogen-bond donors (Lipinski definition) is 1. The van der Waals surface area contributed by atoms with Crippen molar-refractivity contribution in [1.29, 1.82) is 0 Å². The van der Waals surface area contributed by atoms with E-state index in [1.165, 1.54) is 4.90 Å². The van der Waals surface area contributed by atoms with E-state index < -0.39 is 0 Å². The molecule has 1 saturated heterocycles. The van der Waals surface area contributed by atoms with Crippen molar-refractivity contribution < 1.29 is 9.53 Å². The van der Waals surface area contributed by atoms with E-state index >= 15 is 0 Å². The Morgan fingerprint density at radius 2 is 2.20 bits per heavy atom. The Bertz CT molecular complexity index is 436. The molecule has 0 aliphatic carbocycles. The molecule has 4 nitrogen and oxygen atoms in total. The van der Waals surface area contributed by atoms with Crippen LogP contribution in [0.15, 0.2) is 29.2 Å². The van der Waals surface area contributed by atoms with Crippen LogP contribution in [0.25, 0.3) is 0 Å². The van der Waals surface area contributed by atoms with E-state index in [-0.39, 0.29) is 5.91 Å². The van der Waals surface area contributed by atoms with Crippen molar-refractivity contribution in [3.05, 3.63) is 24.3 Å². The number of carbonyl (C=O) groups is 1. The van der Waals surface area contributed by atoms with Crippen LogP contribution in [-0.4, -0.2) is 49.3 Å². The van der Waals surface area contributed by atoms with E-state index in [1.54, 1.807) is 18.9 Å². The molecule has 5 heteroatoms. The molecule has 1 aromatic carbocycles. The van der Waals surface area contributed by atoms with Crippen molar-refractivity contribution in [3.63, 3.8) is 0 Å². The zero-order valence-electron chi connectivity index (χ0n) is 12.1. The van der Waals surface area contributed by atoms with Gasteiger partial charge in [0, 0.05) is 42.7 Å². The van der Waals surface area contributed by atoms with Gasteiger partial charge in [0.25, 0.3) is 0 Å². The van der Waals surface area contributed by atoms with Crippen molar-refractivity contribution >= 4 is 17.7 Å². The molecule has 1 N–H and O–H groups in total. The molecule has 1 aliphatic rings. The molecule has 1 amide bonds. The van der Waals surface area contributed by atoms with E-state index in [9.17, 15) is 4.79 Å². The quantitative estimate of drug-likeness (QED) is 0.843. The van der Waals surface area contributed by atoms with Crippen LogP contribution in [0.4, 0.5) is 0 Å². The first kappa shape index (κ1) is 15.2. The lowest BCUT2D eigenvalue weighted by atomic mass is 10.2. The van der Waals surface area contributed by atoms with E-state index in [4.69, 9.17) is 4.74 Å². The number of rotatable bonds is 5. The van der Waals surface area contributed by atoms with Crippen molar-refractivity contribution in [2.75, 3.05) is 32.5 Å². The third-order valence-electron chi connectivity index (χ3n) is 3.47. The van der Waals surface area contributed by atoms with Gasteiger partial charge in [0.15, 0.2) is 0 Å². The number of benzene rings is 1. The summed E-state index contributed by atoms with van der Waals surface area (Å²) in [5.74, 6) is 1.95. The lowest BCUT2D eigenvalue weighted by Crippen LogP contribution is -2.52. The molecule has 0 saturated carbocycles. The summed E-state index contributed by atoms with van der Waals surface area (Å²) >= 11 is 1.71. The smallest absolute Gasteiger partial charge is 0.223 e. The highest BCUT2D eigenvalue weighted by Crippen LogP contribution is 2.22. The predicted octanol–water partition coefficient (Wildman–Crippen LogP) is 2.00. The SMILES string of the molecule is COc1ccc(SCCC(=O)N2CCNC[C@H]2C)cc1. The maximum atomic E-state index is 12.2. The molecule has 110 valence electrons. The number of piperazine rings is 1. The largest absolute Gasteiger partial charge is 0.497 e. The molecule has 0 unspecified atom stereocenters. The van der Waals surface area contributed by atoms with Gasteiger partial charge in [-0.25, -0.2) is 0 Å². The summed E-state index contributed by atoms with van der Waals surface area (Å²) in [4.78, 5) is 15.3. The normalized spacial score (nSPS) is 18.9. The number of nitrogens with zero attached hydrogens (tertiary/aromatic N) is 1. The molecule has 0 aromatic heterocycles. The van der Waals surface area contributed by atoms with Crippen LogP contribution in [-0.2, 0) is 4.79 Å². The van der Waals surface area contributed by atoms with E-state index in [1.807, 2.05) is 29.2 Å². The Labute approximate surface area is 124 Å². The zero-order valence-corrected chi connectivity index (χ0v) is 12.9. The van der Waals surface area contributed by atoms with Crippen LogP contribution >= 0.6 is 11.8 Å². The van der Waals surface area contributed by atoms with E-state index in [2.05, 4.69) is 12.2 Å². The molecule has 0 spiro atoms. The fourth-order valence-electron chi connectivity index (χ4n) is 2.28. The summed E-state index contributed by atoms with van der Waals surface area (Å²) < 4.78 is 5.13. The topological polar surface area (TPSA) is 41.6 Å². The van der Waals surface area contributed by atoms with Gasteiger partial charge in [0.05, 0.1) is 7.11 Å². The van der Waals surface area contributed by atoms with Gasteiger partial charge >= 0.3 is 0 Å². The van der Waals surface area contributed by atoms with Crippen molar-refractivity contribution in [3.8, 4) is 5.75 Å². The Morgan fingerprint density at radius 1 is 1.45 bits per heavy atom. The van der Waals surface area contributed by atoms with Crippen molar-refractivity contribution in [1.82, 2.24) is 10.2 Å².